The fourth-order valence-electron chi connectivity index (χ4n) is 1.55. The van der Waals surface area contributed by atoms with Crippen LogP contribution in [0.2, 0.25) is 0 Å². The van der Waals surface area contributed by atoms with Gasteiger partial charge in [-0.2, -0.15) is 0 Å². The van der Waals surface area contributed by atoms with Crippen LogP contribution in [0.25, 0.3) is 0 Å². The summed E-state index contributed by atoms with van der Waals surface area (Å²) >= 11 is 0. The van der Waals surface area contributed by atoms with Crippen molar-refractivity contribution >= 4 is 12.4 Å². The molecule has 5 heteroatoms. The number of benzene rings is 1. The molecule has 0 saturated carbocycles. The highest BCUT2D eigenvalue weighted by Crippen LogP contribution is 2.38. The molecule has 17 heavy (non-hydrogen) atoms. The minimum absolute atomic E-state index is 0. The molecular formula is C12H20ClNO3. The summed E-state index contributed by atoms with van der Waals surface area (Å²) in [6, 6.07) is 3.94. The Morgan fingerprint density at radius 3 is 1.88 bits per heavy atom. The zero-order valence-electron chi connectivity index (χ0n) is 10.7. The molecule has 0 saturated heterocycles. The van der Waals surface area contributed by atoms with Gasteiger partial charge in [-0.1, -0.05) is 0 Å². The first kappa shape index (κ1) is 15.9. The second-order valence-corrected chi connectivity index (χ2v) is 3.39. The molecule has 98 valence electrons. The van der Waals surface area contributed by atoms with Gasteiger partial charge in [-0.3, -0.25) is 0 Å². The Labute approximate surface area is 109 Å². The van der Waals surface area contributed by atoms with Crippen LogP contribution in [0.15, 0.2) is 12.1 Å². The van der Waals surface area contributed by atoms with Gasteiger partial charge in [-0.05, 0) is 37.7 Å². The lowest BCUT2D eigenvalue weighted by Crippen LogP contribution is -2.10. The standard InChI is InChI=1S/C12H19NO3.ClH/c1-13-6-5-9-7-10(14-2)12(16-4)11(8-9)15-3;/h7-8,13H,5-6H2,1-4H3;1H. The molecule has 1 rings (SSSR count). The quantitative estimate of drug-likeness (QED) is 0.849. The average Bonchev–Trinajstić information content (AvgIpc) is 2.34. The van der Waals surface area contributed by atoms with Crippen LogP contribution in [0.4, 0.5) is 0 Å². The highest BCUT2D eigenvalue weighted by atomic mass is 35.5. The van der Waals surface area contributed by atoms with E-state index < -0.39 is 0 Å². The number of hydrogen-bond acceptors (Lipinski definition) is 4. The molecule has 0 aliphatic rings. The largest absolute Gasteiger partial charge is 0.493 e. The molecule has 0 heterocycles. The van der Waals surface area contributed by atoms with Crippen molar-refractivity contribution in [3.05, 3.63) is 17.7 Å². The van der Waals surface area contributed by atoms with Crippen LogP contribution in [-0.2, 0) is 6.42 Å². The number of likely N-dealkylation sites (N-methyl/N-ethyl adjacent to an activating group) is 1. The number of methoxy groups -OCH3 is 3. The summed E-state index contributed by atoms with van der Waals surface area (Å²) in [4.78, 5) is 0. The summed E-state index contributed by atoms with van der Waals surface area (Å²) in [5, 5.41) is 3.11. The summed E-state index contributed by atoms with van der Waals surface area (Å²) < 4.78 is 15.8. The number of nitrogens with one attached hydrogen (secondary N) is 1. The molecule has 0 amide bonds. The second-order valence-electron chi connectivity index (χ2n) is 3.39. The molecule has 0 unspecified atom stereocenters. The SMILES string of the molecule is CNCCc1cc(OC)c(OC)c(OC)c1.Cl. The Balaban J connectivity index is 0.00000256. The highest BCUT2D eigenvalue weighted by Gasteiger charge is 2.12. The van der Waals surface area contributed by atoms with Crippen molar-refractivity contribution < 1.29 is 14.2 Å². The van der Waals surface area contributed by atoms with Crippen LogP contribution in [0.3, 0.4) is 0 Å². The maximum Gasteiger partial charge on any atom is 0.203 e. The lowest BCUT2D eigenvalue weighted by Gasteiger charge is -2.14. The van der Waals surface area contributed by atoms with Crippen molar-refractivity contribution in [3.63, 3.8) is 0 Å². The number of halogens is 1. The number of hydrogen-bond donors (Lipinski definition) is 1. The van der Waals surface area contributed by atoms with E-state index in [9.17, 15) is 0 Å². The van der Waals surface area contributed by atoms with Gasteiger partial charge in [-0.15, -0.1) is 12.4 Å². The second kappa shape index (κ2) is 8.03. The summed E-state index contributed by atoms with van der Waals surface area (Å²) in [6.07, 6.45) is 0.924. The lowest BCUT2D eigenvalue weighted by atomic mass is 10.1. The van der Waals surface area contributed by atoms with Gasteiger partial charge >= 0.3 is 0 Å². The van der Waals surface area contributed by atoms with Gasteiger partial charge in [0.15, 0.2) is 11.5 Å². The lowest BCUT2D eigenvalue weighted by molar-refractivity contribution is 0.324. The van der Waals surface area contributed by atoms with Gasteiger partial charge in [0.2, 0.25) is 5.75 Å². The third kappa shape index (κ3) is 3.98. The molecule has 0 fully saturated rings. The number of ether oxygens (including phenoxy) is 3. The van der Waals surface area contributed by atoms with Crippen molar-refractivity contribution in [1.82, 2.24) is 5.32 Å². The van der Waals surface area contributed by atoms with Gasteiger partial charge in [0.1, 0.15) is 0 Å². The van der Waals surface area contributed by atoms with Crippen LogP contribution in [0.5, 0.6) is 17.2 Å². The third-order valence-corrected chi connectivity index (χ3v) is 2.39. The molecule has 0 bridgehead atoms. The van der Waals surface area contributed by atoms with Crippen LogP contribution in [-0.4, -0.2) is 34.9 Å². The number of rotatable bonds is 6. The molecule has 1 N–H and O–H groups in total. The van der Waals surface area contributed by atoms with Crippen molar-refractivity contribution in [2.45, 2.75) is 6.42 Å². The van der Waals surface area contributed by atoms with E-state index in [4.69, 9.17) is 14.2 Å². The van der Waals surface area contributed by atoms with Gasteiger partial charge in [-0.25, -0.2) is 0 Å². The maximum absolute atomic E-state index is 5.27. The average molecular weight is 262 g/mol. The predicted octanol–water partition coefficient (Wildman–Crippen LogP) is 1.90. The minimum atomic E-state index is 0. The summed E-state index contributed by atoms with van der Waals surface area (Å²) in [6.45, 7) is 0.915. The zero-order valence-corrected chi connectivity index (χ0v) is 11.5. The van der Waals surface area contributed by atoms with E-state index in [0.717, 1.165) is 18.5 Å². The molecule has 0 aliphatic carbocycles. The van der Waals surface area contributed by atoms with Crippen molar-refractivity contribution in [2.75, 3.05) is 34.9 Å². The third-order valence-electron chi connectivity index (χ3n) is 2.39. The Morgan fingerprint density at radius 1 is 1.00 bits per heavy atom. The zero-order chi connectivity index (χ0) is 12.0. The van der Waals surface area contributed by atoms with Gasteiger partial charge in [0, 0.05) is 0 Å². The highest BCUT2D eigenvalue weighted by molar-refractivity contribution is 5.85. The van der Waals surface area contributed by atoms with Gasteiger partial charge in [0.25, 0.3) is 0 Å². The molecule has 0 aromatic heterocycles. The Hall–Kier alpha value is -1.13. The summed E-state index contributed by atoms with van der Waals surface area (Å²) in [5.41, 5.74) is 1.16. The van der Waals surface area contributed by atoms with E-state index >= 15 is 0 Å². The van der Waals surface area contributed by atoms with E-state index in [1.165, 1.54) is 0 Å². The maximum atomic E-state index is 5.27. The van der Waals surface area contributed by atoms with Gasteiger partial charge in [0.05, 0.1) is 21.3 Å². The Kier molecular flexibility index (Phi) is 7.50. The van der Waals surface area contributed by atoms with E-state index in [-0.39, 0.29) is 12.4 Å². The van der Waals surface area contributed by atoms with Crippen molar-refractivity contribution in [1.29, 1.82) is 0 Å². The molecule has 0 radical (unpaired) electrons. The fourth-order valence-corrected chi connectivity index (χ4v) is 1.55. The van der Waals surface area contributed by atoms with Crippen LogP contribution in [0.1, 0.15) is 5.56 Å². The first-order valence-electron chi connectivity index (χ1n) is 5.20. The van der Waals surface area contributed by atoms with E-state index in [1.54, 1.807) is 21.3 Å². The molecule has 4 nitrogen and oxygen atoms in total. The molecular weight excluding hydrogens is 242 g/mol. The monoisotopic (exact) mass is 261 g/mol. The molecule has 0 atom stereocenters. The van der Waals surface area contributed by atoms with Crippen LogP contribution in [0, 0.1) is 0 Å². The topological polar surface area (TPSA) is 39.7 Å². The summed E-state index contributed by atoms with van der Waals surface area (Å²) in [7, 11) is 6.78. The van der Waals surface area contributed by atoms with E-state index in [0.29, 0.717) is 17.2 Å². The molecule has 0 spiro atoms. The van der Waals surface area contributed by atoms with Crippen molar-refractivity contribution in [2.24, 2.45) is 0 Å². The van der Waals surface area contributed by atoms with Crippen LogP contribution < -0.4 is 19.5 Å². The van der Waals surface area contributed by atoms with Crippen molar-refractivity contribution in [3.8, 4) is 17.2 Å². The molecule has 1 aromatic carbocycles. The smallest absolute Gasteiger partial charge is 0.203 e. The predicted molar refractivity (Wildman–Crippen MR) is 71.0 cm³/mol. The Morgan fingerprint density at radius 2 is 1.53 bits per heavy atom. The first-order chi connectivity index (χ1) is 7.76. The normalized spacial score (nSPS) is 9.41. The Bertz CT molecular complexity index is 320. The molecule has 1 aromatic rings. The van der Waals surface area contributed by atoms with E-state index in [1.807, 2.05) is 19.2 Å². The molecule has 0 aliphatic heterocycles. The van der Waals surface area contributed by atoms with E-state index in [2.05, 4.69) is 5.32 Å². The minimum Gasteiger partial charge on any atom is -0.493 e. The first-order valence-corrected chi connectivity index (χ1v) is 5.20. The fraction of sp³-hybridized carbons (Fsp3) is 0.500. The van der Waals surface area contributed by atoms with Crippen LogP contribution >= 0.6 is 12.4 Å². The summed E-state index contributed by atoms with van der Waals surface area (Å²) in [5.74, 6) is 2.04. The van der Waals surface area contributed by atoms with Gasteiger partial charge < -0.3 is 19.5 Å².